The summed E-state index contributed by atoms with van der Waals surface area (Å²) >= 11 is 0. The Kier molecular flexibility index (Phi) is 13.2. The zero-order valence-electron chi connectivity index (χ0n) is 22.4. The summed E-state index contributed by atoms with van der Waals surface area (Å²) in [5.41, 5.74) is -1.23. The van der Waals surface area contributed by atoms with Gasteiger partial charge >= 0.3 is 24.1 Å². The molecular formula is C23H41N3O10. The zero-order valence-corrected chi connectivity index (χ0v) is 22.4. The number of rotatable bonds is 7. The maximum Gasteiger partial charge on any atom is 0.408 e. The van der Waals surface area contributed by atoms with Crippen LogP contribution in [0.5, 0.6) is 0 Å². The summed E-state index contributed by atoms with van der Waals surface area (Å²) in [6.07, 6.45) is -0.333. The number of carboxylic acid groups (broad SMARTS) is 2. The second-order valence-electron chi connectivity index (χ2n) is 10.3. The molecule has 36 heavy (non-hydrogen) atoms. The number of carboxylic acids is 2. The molecule has 0 aliphatic carbocycles. The van der Waals surface area contributed by atoms with Crippen molar-refractivity contribution in [2.75, 3.05) is 19.7 Å². The van der Waals surface area contributed by atoms with Crippen molar-refractivity contribution in [3.8, 4) is 0 Å². The number of aliphatic carboxylic acids is 2. The molecule has 3 amide bonds. The molecule has 1 fully saturated rings. The van der Waals surface area contributed by atoms with Gasteiger partial charge in [0.05, 0.1) is 6.10 Å². The van der Waals surface area contributed by atoms with Gasteiger partial charge in [-0.15, -0.1) is 0 Å². The lowest BCUT2D eigenvalue weighted by Crippen LogP contribution is -2.51. The fraction of sp³-hybridized carbons (Fsp3) is 0.783. The van der Waals surface area contributed by atoms with E-state index in [1.165, 1.54) is 6.92 Å². The first-order valence-corrected chi connectivity index (χ1v) is 11.6. The maximum atomic E-state index is 12.3. The molecule has 0 spiro atoms. The number of ether oxygens (including phenoxy) is 3. The molecule has 0 bridgehead atoms. The van der Waals surface area contributed by atoms with E-state index in [1.54, 1.807) is 53.4 Å². The van der Waals surface area contributed by atoms with Crippen molar-refractivity contribution in [1.29, 1.82) is 0 Å². The van der Waals surface area contributed by atoms with Crippen LogP contribution < -0.4 is 10.6 Å². The van der Waals surface area contributed by atoms with Gasteiger partial charge in [0.1, 0.15) is 29.9 Å². The van der Waals surface area contributed by atoms with E-state index < -0.39 is 47.4 Å². The van der Waals surface area contributed by atoms with Gasteiger partial charge in [-0.1, -0.05) is 0 Å². The van der Waals surface area contributed by atoms with Crippen molar-refractivity contribution in [3.05, 3.63) is 0 Å². The normalized spacial score (nSPS) is 15.9. The molecule has 13 nitrogen and oxygen atoms in total. The molecule has 1 aliphatic heterocycles. The minimum absolute atomic E-state index is 0.149. The van der Waals surface area contributed by atoms with Crippen molar-refractivity contribution in [2.45, 2.75) is 97.6 Å². The molecule has 208 valence electrons. The van der Waals surface area contributed by atoms with E-state index in [4.69, 9.17) is 24.4 Å². The van der Waals surface area contributed by atoms with Crippen molar-refractivity contribution in [1.82, 2.24) is 15.5 Å². The summed E-state index contributed by atoms with van der Waals surface area (Å²) in [5.74, 6) is -2.28. The molecule has 0 saturated carbocycles. The molecular weight excluding hydrogens is 478 g/mol. The number of hydrogen-bond donors (Lipinski definition) is 4. The number of nitrogens with zero attached hydrogens (tertiary/aromatic N) is 1. The maximum absolute atomic E-state index is 12.3. The smallest absolute Gasteiger partial charge is 0.408 e. The Morgan fingerprint density at radius 3 is 1.61 bits per heavy atom. The van der Waals surface area contributed by atoms with Gasteiger partial charge in [0, 0.05) is 13.1 Å². The molecule has 13 heteroatoms. The van der Waals surface area contributed by atoms with Gasteiger partial charge < -0.3 is 40.0 Å². The second-order valence-corrected chi connectivity index (χ2v) is 10.3. The van der Waals surface area contributed by atoms with Gasteiger partial charge in [0.25, 0.3) is 0 Å². The summed E-state index contributed by atoms with van der Waals surface area (Å²) in [5, 5.41) is 21.7. The largest absolute Gasteiger partial charge is 0.480 e. The number of nitrogens with one attached hydrogen (secondary N) is 2. The van der Waals surface area contributed by atoms with Gasteiger partial charge in [-0.2, -0.15) is 0 Å². The average Bonchev–Trinajstić information content (AvgIpc) is 2.69. The highest BCUT2D eigenvalue weighted by atomic mass is 16.6. The number of piperidine rings is 1. The molecule has 0 unspecified atom stereocenters. The third-order valence-corrected chi connectivity index (χ3v) is 4.40. The van der Waals surface area contributed by atoms with Crippen LogP contribution in [-0.2, 0) is 28.6 Å². The minimum atomic E-state index is -1.09. The Bertz CT molecular complexity index is 765. The first-order valence-electron chi connectivity index (χ1n) is 11.6. The van der Waals surface area contributed by atoms with Crippen LogP contribution in [0.2, 0.25) is 0 Å². The number of carbonyl (C=O) groups is 5. The first kappa shape index (κ1) is 32.9. The summed E-state index contributed by atoms with van der Waals surface area (Å²) < 4.78 is 15.2. The number of amides is 3. The van der Waals surface area contributed by atoms with Crippen LogP contribution in [-0.4, -0.2) is 94.2 Å². The molecule has 1 heterocycles. The van der Waals surface area contributed by atoms with Crippen LogP contribution >= 0.6 is 0 Å². The van der Waals surface area contributed by atoms with Crippen molar-refractivity contribution >= 4 is 30.0 Å². The zero-order chi connectivity index (χ0) is 28.3. The number of likely N-dealkylation sites (tertiary alicyclic amines) is 1. The highest BCUT2D eigenvalue weighted by Crippen LogP contribution is 2.15. The quantitative estimate of drug-likeness (QED) is 0.388. The first-order chi connectivity index (χ1) is 16.3. The van der Waals surface area contributed by atoms with E-state index in [9.17, 15) is 24.0 Å². The lowest BCUT2D eigenvalue weighted by molar-refractivity contribution is -0.147. The molecule has 1 aliphatic rings. The van der Waals surface area contributed by atoms with E-state index in [-0.39, 0.29) is 18.6 Å². The molecule has 1 saturated heterocycles. The standard InChI is InChI=1S/C15H26N2O6.C8H15NO4/c1-10(16-14(21)23-15(2,3)4)13(20)17-7-5-11(6-8-17)22-9-12(18)19;1-5(6(10)11)9-7(12)13-8(2,3)4/h10-11H,5-9H2,1-4H3,(H,16,21)(H,18,19);5H,1-4H3,(H,9,12)(H,10,11)/t10-;5-/m00/s1. The Balaban J connectivity index is 0.000000802. The van der Waals surface area contributed by atoms with Gasteiger partial charge in [-0.25, -0.2) is 14.4 Å². The van der Waals surface area contributed by atoms with E-state index in [2.05, 4.69) is 10.6 Å². The highest BCUT2D eigenvalue weighted by Gasteiger charge is 2.28. The fourth-order valence-corrected chi connectivity index (χ4v) is 2.80. The predicted molar refractivity (Wildman–Crippen MR) is 128 cm³/mol. The van der Waals surface area contributed by atoms with E-state index in [1.807, 2.05) is 0 Å². The lowest BCUT2D eigenvalue weighted by atomic mass is 10.1. The van der Waals surface area contributed by atoms with Crippen LogP contribution in [0.1, 0.15) is 68.2 Å². The van der Waals surface area contributed by atoms with Crippen molar-refractivity contribution in [2.24, 2.45) is 0 Å². The lowest BCUT2D eigenvalue weighted by Gasteiger charge is -2.33. The van der Waals surface area contributed by atoms with Crippen LogP contribution in [0, 0.1) is 0 Å². The average molecular weight is 520 g/mol. The van der Waals surface area contributed by atoms with Crippen molar-refractivity contribution < 1.29 is 48.4 Å². The predicted octanol–water partition coefficient (Wildman–Crippen LogP) is 1.98. The van der Waals surface area contributed by atoms with Crippen molar-refractivity contribution in [3.63, 3.8) is 0 Å². The fourth-order valence-electron chi connectivity index (χ4n) is 2.80. The van der Waals surface area contributed by atoms with Crippen LogP contribution in [0.15, 0.2) is 0 Å². The van der Waals surface area contributed by atoms with E-state index >= 15 is 0 Å². The minimum Gasteiger partial charge on any atom is -0.480 e. The molecule has 4 N–H and O–H groups in total. The Morgan fingerprint density at radius 2 is 1.25 bits per heavy atom. The van der Waals surface area contributed by atoms with Crippen LogP contribution in [0.4, 0.5) is 9.59 Å². The summed E-state index contributed by atoms with van der Waals surface area (Å²) in [4.78, 5) is 57.4. The summed E-state index contributed by atoms with van der Waals surface area (Å²) in [6.45, 7) is 14.0. The second kappa shape index (κ2) is 14.5. The molecule has 0 aromatic heterocycles. The summed E-state index contributed by atoms with van der Waals surface area (Å²) in [6, 6.07) is -1.61. The molecule has 2 atom stereocenters. The topological polar surface area (TPSA) is 181 Å². The van der Waals surface area contributed by atoms with Gasteiger partial charge in [-0.3, -0.25) is 9.59 Å². The van der Waals surface area contributed by atoms with Gasteiger partial charge in [-0.05, 0) is 68.2 Å². The third kappa shape index (κ3) is 15.7. The van der Waals surface area contributed by atoms with Crippen LogP contribution in [0.3, 0.4) is 0 Å². The van der Waals surface area contributed by atoms with Gasteiger partial charge in [0.15, 0.2) is 0 Å². The number of hydrogen-bond acceptors (Lipinski definition) is 8. The Morgan fingerprint density at radius 1 is 0.833 bits per heavy atom. The summed E-state index contributed by atoms with van der Waals surface area (Å²) in [7, 11) is 0. The Labute approximate surface area is 211 Å². The monoisotopic (exact) mass is 519 g/mol. The van der Waals surface area contributed by atoms with E-state index in [0.717, 1.165) is 0 Å². The Hall–Kier alpha value is -3.09. The number of carbonyl (C=O) groups excluding carboxylic acids is 3. The third-order valence-electron chi connectivity index (χ3n) is 4.40. The molecule has 0 aromatic rings. The molecule has 0 aromatic carbocycles. The number of alkyl carbamates (subject to hydrolysis) is 2. The van der Waals surface area contributed by atoms with E-state index in [0.29, 0.717) is 25.9 Å². The van der Waals surface area contributed by atoms with Gasteiger partial charge in [0.2, 0.25) is 5.91 Å². The van der Waals surface area contributed by atoms with Crippen LogP contribution in [0.25, 0.3) is 0 Å². The molecule has 1 rings (SSSR count). The molecule has 0 radical (unpaired) electrons. The SMILES string of the molecule is C[C@H](NC(=O)OC(C)(C)C)C(=O)N1CCC(OCC(=O)O)CC1.C[C@H](NC(=O)OC(C)(C)C)C(=O)O. The highest BCUT2D eigenvalue weighted by molar-refractivity contribution is 5.85.